The smallest absolute Gasteiger partial charge is 0.125 e. The second-order valence-corrected chi connectivity index (χ2v) is 5.31. The van der Waals surface area contributed by atoms with E-state index in [0.717, 1.165) is 11.1 Å². The summed E-state index contributed by atoms with van der Waals surface area (Å²) in [4.78, 5) is 0. The standard InChI is InChI=1S/C15H21NO2/c1-11-5-6-13(12(2)17)14(9-11)18-8-7-15(3,4)10-16/h5-6,9,12,17H,7-8H2,1-4H3/t12-/m1/s1. The average molecular weight is 247 g/mol. The predicted octanol–water partition coefficient (Wildman–Crippen LogP) is 3.37. The summed E-state index contributed by atoms with van der Waals surface area (Å²) in [6, 6.07) is 8.00. The first kappa shape index (κ1) is 14.5. The van der Waals surface area contributed by atoms with Crippen molar-refractivity contribution in [2.75, 3.05) is 6.61 Å². The molecule has 0 bridgehead atoms. The van der Waals surface area contributed by atoms with Crippen LogP contribution in [0.1, 0.15) is 44.4 Å². The van der Waals surface area contributed by atoms with Gasteiger partial charge in [-0.3, -0.25) is 0 Å². The van der Waals surface area contributed by atoms with Crippen molar-refractivity contribution >= 4 is 0 Å². The largest absolute Gasteiger partial charge is 0.493 e. The number of hydrogen-bond acceptors (Lipinski definition) is 3. The third kappa shape index (κ3) is 4.05. The van der Waals surface area contributed by atoms with Gasteiger partial charge >= 0.3 is 0 Å². The number of nitrogens with zero attached hydrogens (tertiary/aromatic N) is 1. The van der Waals surface area contributed by atoms with Gasteiger partial charge in [-0.25, -0.2) is 0 Å². The first-order chi connectivity index (χ1) is 8.35. The summed E-state index contributed by atoms with van der Waals surface area (Å²) in [5.41, 5.74) is 1.50. The van der Waals surface area contributed by atoms with Crippen LogP contribution in [0.25, 0.3) is 0 Å². The Balaban J connectivity index is 2.73. The van der Waals surface area contributed by atoms with Crippen LogP contribution >= 0.6 is 0 Å². The highest BCUT2D eigenvalue weighted by atomic mass is 16.5. The van der Waals surface area contributed by atoms with Crippen molar-refractivity contribution in [2.45, 2.75) is 40.2 Å². The van der Waals surface area contributed by atoms with E-state index in [0.29, 0.717) is 18.8 Å². The van der Waals surface area contributed by atoms with Gasteiger partial charge in [0.15, 0.2) is 0 Å². The fourth-order valence-electron chi connectivity index (χ4n) is 1.58. The summed E-state index contributed by atoms with van der Waals surface area (Å²) in [5, 5.41) is 18.6. The second kappa shape index (κ2) is 5.88. The zero-order chi connectivity index (χ0) is 13.8. The molecule has 0 heterocycles. The lowest BCUT2D eigenvalue weighted by Crippen LogP contribution is -2.14. The van der Waals surface area contributed by atoms with Crippen LogP contribution in [0.4, 0.5) is 0 Å². The van der Waals surface area contributed by atoms with Crippen LogP contribution in [0.5, 0.6) is 5.75 Å². The minimum absolute atomic E-state index is 0.380. The van der Waals surface area contributed by atoms with Gasteiger partial charge in [0.2, 0.25) is 0 Å². The van der Waals surface area contributed by atoms with E-state index in [-0.39, 0.29) is 5.41 Å². The number of aryl methyl sites for hydroxylation is 1. The van der Waals surface area contributed by atoms with Gasteiger partial charge in [0.05, 0.1) is 24.2 Å². The fraction of sp³-hybridized carbons (Fsp3) is 0.533. The van der Waals surface area contributed by atoms with Gasteiger partial charge in [0.25, 0.3) is 0 Å². The van der Waals surface area contributed by atoms with Gasteiger partial charge in [-0.05, 0) is 45.7 Å². The summed E-state index contributed by atoms with van der Waals surface area (Å²) in [5.74, 6) is 0.707. The molecular weight excluding hydrogens is 226 g/mol. The third-order valence-corrected chi connectivity index (χ3v) is 2.91. The zero-order valence-electron chi connectivity index (χ0n) is 11.5. The van der Waals surface area contributed by atoms with Crippen LogP contribution < -0.4 is 4.74 Å². The Morgan fingerprint density at radius 1 is 1.44 bits per heavy atom. The lowest BCUT2D eigenvalue weighted by molar-refractivity contribution is 0.188. The molecule has 0 aliphatic carbocycles. The zero-order valence-corrected chi connectivity index (χ0v) is 11.5. The van der Waals surface area contributed by atoms with Gasteiger partial charge in [-0.15, -0.1) is 0 Å². The van der Waals surface area contributed by atoms with Crippen LogP contribution in [0, 0.1) is 23.7 Å². The Hall–Kier alpha value is -1.53. The number of benzene rings is 1. The summed E-state index contributed by atoms with van der Waals surface area (Å²) in [6.45, 7) is 7.96. The molecule has 3 nitrogen and oxygen atoms in total. The Morgan fingerprint density at radius 2 is 2.11 bits per heavy atom. The van der Waals surface area contributed by atoms with Crippen molar-refractivity contribution in [3.05, 3.63) is 29.3 Å². The monoisotopic (exact) mass is 247 g/mol. The van der Waals surface area contributed by atoms with E-state index in [9.17, 15) is 5.11 Å². The van der Waals surface area contributed by atoms with E-state index in [1.807, 2.05) is 39.0 Å². The van der Waals surface area contributed by atoms with E-state index in [1.54, 1.807) is 6.92 Å². The quantitative estimate of drug-likeness (QED) is 0.868. The highest BCUT2D eigenvalue weighted by Crippen LogP contribution is 2.27. The molecule has 1 aromatic rings. The molecule has 1 aromatic carbocycles. The minimum atomic E-state index is -0.551. The molecule has 0 saturated heterocycles. The van der Waals surface area contributed by atoms with Crippen LogP contribution in [0.2, 0.25) is 0 Å². The van der Waals surface area contributed by atoms with Crippen molar-refractivity contribution in [2.24, 2.45) is 5.41 Å². The van der Waals surface area contributed by atoms with Crippen molar-refractivity contribution in [3.63, 3.8) is 0 Å². The van der Waals surface area contributed by atoms with E-state index in [1.165, 1.54) is 0 Å². The fourth-order valence-corrected chi connectivity index (χ4v) is 1.58. The summed E-state index contributed by atoms with van der Waals surface area (Å²) in [7, 11) is 0. The van der Waals surface area contributed by atoms with Gasteiger partial charge in [-0.1, -0.05) is 12.1 Å². The van der Waals surface area contributed by atoms with E-state index in [2.05, 4.69) is 6.07 Å². The molecule has 1 atom stereocenters. The molecule has 3 heteroatoms. The van der Waals surface area contributed by atoms with E-state index in [4.69, 9.17) is 10.00 Å². The van der Waals surface area contributed by atoms with Gasteiger partial charge < -0.3 is 9.84 Å². The van der Waals surface area contributed by atoms with Gasteiger partial charge in [-0.2, -0.15) is 5.26 Å². The molecule has 0 saturated carbocycles. The molecule has 1 N–H and O–H groups in total. The molecular formula is C15H21NO2. The van der Waals surface area contributed by atoms with Crippen LogP contribution in [-0.4, -0.2) is 11.7 Å². The van der Waals surface area contributed by atoms with Crippen LogP contribution in [-0.2, 0) is 0 Å². The van der Waals surface area contributed by atoms with Crippen molar-refractivity contribution < 1.29 is 9.84 Å². The van der Waals surface area contributed by atoms with Crippen molar-refractivity contribution in [1.82, 2.24) is 0 Å². The van der Waals surface area contributed by atoms with Gasteiger partial charge in [0, 0.05) is 5.56 Å². The van der Waals surface area contributed by atoms with Crippen molar-refractivity contribution in [1.29, 1.82) is 5.26 Å². The topological polar surface area (TPSA) is 53.2 Å². The molecule has 0 spiro atoms. The van der Waals surface area contributed by atoms with Gasteiger partial charge in [0.1, 0.15) is 5.75 Å². The maximum atomic E-state index is 9.67. The normalized spacial score (nSPS) is 12.9. The molecule has 18 heavy (non-hydrogen) atoms. The number of hydrogen-bond donors (Lipinski definition) is 1. The van der Waals surface area contributed by atoms with Crippen molar-refractivity contribution in [3.8, 4) is 11.8 Å². The van der Waals surface area contributed by atoms with Crippen LogP contribution in [0.15, 0.2) is 18.2 Å². The molecule has 0 amide bonds. The third-order valence-electron chi connectivity index (χ3n) is 2.91. The molecule has 0 unspecified atom stereocenters. The number of aliphatic hydroxyl groups is 1. The number of aliphatic hydroxyl groups excluding tert-OH is 1. The molecule has 0 fully saturated rings. The lowest BCUT2D eigenvalue weighted by atomic mass is 9.92. The average Bonchev–Trinajstić information content (AvgIpc) is 2.28. The van der Waals surface area contributed by atoms with E-state index < -0.39 is 6.10 Å². The molecule has 98 valence electrons. The first-order valence-corrected chi connectivity index (χ1v) is 6.18. The Kier molecular flexibility index (Phi) is 4.75. The number of nitriles is 1. The van der Waals surface area contributed by atoms with Crippen LogP contribution in [0.3, 0.4) is 0 Å². The summed E-state index contributed by atoms with van der Waals surface area (Å²) < 4.78 is 5.71. The summed E-state index contributed by atoms with van der Waals surface area (Å²) in [6.07, 6.45) is 0.112. The maximum absolute atomic E-state index is 9.67. The minimum Gasteiger partial charge on any atom is -0.493 e. The lowest BCUT2D eigenvalue weighted by Gasteiger charge is -2.18. The second-order valence-electron chi connectivity index (χ2n) is 5.31. The number of rotatable bonds is 5. The Morgan fingerprint density at radius 3 is 2.67 bits per heavy atom. The molecule has 0 radical (unpaired) electrons. The number of ether oxygens (including phenoxy) is 1. The maximum Gasteiger partial charge on any atom is 0.125 e. The molecule has 0 aliphatic heterocycles. The summed E-state index contributed by atoms with van der Waals surface area (Å²) >= 11 is 0. The Labute approximate surface area is 109 Å². The Bertz CT molecular complexity index is 444. The predicted molar refractivity (Wildman–Crippen MR) is 71.3 cm³/mol. The van der Waals surface area contributed by atoms with E-state index >= 15 is 0 Å². The molecule has 0 aliphatic rings. The highest BCUT2D eigenvalue weighted by molar-refractivity contribution is 5.38. The highest BCUT2D eigenvalue weighted by Gasteiger charge is 2.17. The first-order valence-electron chi connectivity index (χ1n) is 6.18. The SMILES string of the molecule is Cc1ccc([C@@H](C)O)c(OCCC(C)(C)C#N)c1. The molecule has 0 aromatic heterocycles. The molecule has 1 rings (SSSR count).